The maximum Gasteiger partial charge on any atom is 0.00869 e. The van der Waals surface area contributed by atoms with E-state index < -0.39 is 0 Å². The third-order valence-corrected chi connectivity index (χ3v) is 3.26. The molecule has 86 valence electrons. The summed E-state index contributed by atoms with van der Waals surface area (Å²) in [7, 11) is 2.23. The average molecular weight is 200 g/mol. The molecule has 2 nitrogen and oxygen atoms in total. The second-order valence-corrected chi connectivity index (χ2v) is 5.07. The van der Waals surface area contributed by atoms with Crippen molar-refractivity contribution >= 4 is 0 Å². The van der Waals surface area contributed by atoms with Crippen LogP contribution in [0.1, 0.15) is 47.0 Å². The fraction of sp³-hybridized carbons (Fsp3) is 1.00. The zero-order chi connectivity index (χ0) is 11.2. The number of nitrogens with zero attached hydrogens (tertiary/aromatic N) is 1. The van der Waals surface area contributed by atoms with Crippen LogP contribution in [0.15, 0.2) is 0 Å². The van der Waals surface area contributed by atoms with Gasteiger partial charge in [-0.1, -0.05) is 27.7 Å². The van der Waals surface area contributed by atoms with Crippen molar-refractivity contribution in [3.8, 4) is 0 Å². The smallest absolute Gasteiger partial charge is 0.00869 e. The third kappa shape index (κ3) is 4.97. The molecule has 0 aromatic heterocycles. The van der Waals surface area contributed by atoms with Crippen molar-refractivity contribution < 1.29 is 0 Å². The molecule has 0 saturated heterocycles. The number of rotatable bonds is 7. The van der Waals surface area contributed by atoms with Crippen LogP contribution in [0.25, 0.3) is 0 Å². The molecule has 0 rings (SSSR count). The topological polar surface area (TPSA) is 29.3 Å². The molecule has 0 saturated carbocycles. The lowest BCUT2D eigenvalue weighted by Crippen LogP contribution is -2.35. The molecule has 0 unspecified atom stereocenters. The van der Waals surface area contributed by atoms with Gasteiger partial charge in [0.2, 0.25) is 0 Å². The number of hydrogen-bond donors (Lipinski definition) is 1. The standard InChI is InChI=1S/C12H28N2/c1-6-11(7-2)14(5)9-8-12(3,4)10-13/h11H,6-10,13H2,1-5H3. The van der Waals surface area contributed by atoms with E-state index in [1.807, 2.05) is 0 Å². The van der Waals surface area contributed by atoms with Crippen molar-refractivity contribution in [2.75, 3.05) is 20.1 Å². The Balaban J connectivity index is 3.88. The minimum atomic E-state index is 0.292. The Morgan fingerprint density at radius 3 is 2.07 bits per heavy atom. The van der Waals surface area contributed by atoms with Gasteiger partial charge in [-0.15, -0.1) is 0 Å². The third-order valence-electron chi connectivity index (χ3n) is 3.26. The molecule has 0 heterocycles. The molecular weight excluding hydrogens is 172 g/mol. The van der Waals surface area contributed by atoms with Crippen LogP contribution in [0.4, 0.5) is 0 Å². The maximum atomic E-state index is 5.72. The summed E-state index contributed by atoms with van der Waals surface area (Å²) in [5.74, 6) is 0. The van der Waals surface area contributed by atoms with Gasteiger partial charge in [-0.3, -0.25) is 0 Å². The lowest BCUT2D eigenvalue weighted by molar-refractivity contribution is 0.192. The zero-order valence-electron chi connectivity index (χ0n) is 10.6. The van der Waals surface area contributed by atoms with Crippen molar-refractivity contribution in [1.29, 1.82) is 0 Å². The van der Waals surface area contributed by atoms with Gasteiger partial charge in [0.15, 0.2) is 0 Å². The van der Waals surface area contributed by atoms with Crippen LogP contribution >= 0.6 is 0 Å². The second kappa shape index (κ2) is 6.41. The molecule has 0 fully saturated rings. The molecule has 0 aromatic rings. The maximum absolute atomic E-state index is 5.72. The van der Waals surface area contributed by atoms with Crippen molar-refractivity contribution in [1.82, 2.24) is 4.90 Å². The highest BCUT2D eigenvalue weighted by atomic mass is 15.1. The zero-order valence-corrected chi connectivity index (χ0v) is 10.6. The first kappa shape index (κ1) is 13.9. The van der Waals surface area contributed by atoms with E-state index in [4.69, 9.17) is 5.73 Å². The molecule has 0 aliphatic rings. The van der Waals surface area contributed by atoms with Crippen molar-refractivity contribution in [3.05, 3.63) is 0 Å². The van der Waals surface area contributed by atoms with E-state index in [1.54, 1.807) is 0 Å². The molecule has 0 aliphatic heterocycles. The molecule has 0 radical (unpaired) electrons. The Bertz CT molecular complexity index is 139. The van der Waals surface area contributed by atoms with Gasteiger partial charge in [0.05, 0.1) is 0 Å². The van der Waals surface area contributed by atoms with Gasteiger partial charge in [-0.2, -0.15) is 0 Å². The summed E-state index contributed by atoms with van der Waals surface area (Å²) < 4.78 is 0. The molecule has 0 atom stereocenters. The average Bonchev–Trinajstić information content (AvgIpc) is 2.17. The fourth-order valence-electron chi connectivity index (χ4n) is 1.68. The minimum Gasteiger partial charge on any atom is -0.330 e. The Morgan fingerprint density at radius 2 is 1.71 bits per heavy atom. The van der Waals surface area contributed by atoms with E-state index in [0.717, 1.165) is 19.1 Å². The van der Waals surface area contributed by atoms with Crippen LogP contribution in [0.5, 0.6) is 0 Å². The summed E-state index contributed by atoms with van der Waals surface area (Å²) in [5.41, 5.74) is 6.01. The van der Waals surface area contributed by atoms with Gasteiger partial charge >= 0.3 is 0 Å². The summed E-state index contributed by atoms with van der Waals surface area (Å²) in [6.07, 6.45) is 3.68. The van der Waals surface area contributed by atoms with Crippen LogP contribution in [-0.4, -0.2) is 31.1 Å². The molecule has 0 aliphatic carbocycles. The first-order valence-corrected chi connectivity index (χ1v) is 5.87. The lowest BCUT2D eigenvalue weighted by atomic mass is 9.89. The second-order valence-electron chi connectivity index (χ2n) is 5.07. The summed E-state index contributed by atoms with van der Waals surface area (Å²) in [6.45, 7) is 11.0. The molecule has 2 heteroatoms. The molecular formula is C12H28N2. The van der Waals surface area contributed by atoms with E-state index >= 15 is 0 Å². The Labute approximate surface area is 89.9 Å². The van der Waals surface area contributed by atoms with Crippen molar-refractivity contribution in [2.24, 2.45) is 11.1 Å². The van der Waals surface area contributed by atoms with E-state index in [0.29, 0.717) is 5.41 Å². The van der Waals surface area contributed by atoms with Gasteiger partial charge < -0.3 is 10.6 Å². The van der Waals surface area contributed by atoms with Crippen molar-refractivity contribution in [3.63, 3.8) is 0 Å². The molecule has 0 spiro atoms. The van der Waals surface area contributed by atoms with E-state index in [9.17, 15) is 0 Å². The molecule has 0 bridgehead atoms. The molecule has 2 N–H and O–H groups in total. The Morgan fingerprint density at radius 1 is 1.21 bits per heavy atom. The van der Waals surface area contributed by atoms with Gasteiger partial charge in [0, 0.05) is 6.04 Å². The van der Waals surface area contributed by atoms with E-state index in [-0.39, 0.29) is 0 Å². The van der Waals surface area contributed by atoms with Crippen molar-refractivity contribution in [2.45, 2.75) is 53.0 Å². The van der Waals surface area contributed by atoms with E-state index in [1.165, 1.54) is 19.3 Å². The first-order chi connectivity index (χ1) is 6.46. The quantitative estimate of drug-likeness (QED) is 0.684. The highest BCUT2D eigenvalue weighted by molar-refractivity contribution is 4.73. The minimum absolute atomic E-state index is 0.292. The van der Waals surface area contributed by atoms with Gasteiger partial charge in [-0.05, 0) is 44.8 Å². The monoisotopic (exact) mass is 200 g/mol. The molecule has 0 amide bonds. The highest BCUT2D eigenvalue weighted by Gasteiger charge is 2.18. The van der Waals surface area contributed by atoms with E-state index in [2.05, 4.69) is 39.6 Å². The molecule has 14 heavy (non-hydrogen) atoms. The van der Waals surface area contributed by atoms with Gasteiger partial charge in [0.1, 0.15) is 0 Å². The first-order valence-electron chi connectivity index (χ1n) is 5.87. The van der Waals surface area contributed by atoms with Gasteiger partial charge in [0.25, 0.3) is 0 Å². The number of nitrogens with two attached hydrogens (primary N) is 1. The summed E-state index contributed by atoms with van der Waals surface area (Å²) in [6, 6.07) is 0.739. The predicted octanol–water partition coefficient (Wildman–Crippen LogP) is 2.48. The van der Waals surface area contributed by atoms with Crippen LogP contribution in [0.2, 0.25) is 0 Å². The van der Waals surface area contributed by atoms with Crippen LogP contribution in [0, 0.1) is 5.41 Å². The van der Waals surface area contributed by atoms with Crippen LogP contribution < -0.4 is 5.73 Å². The largest absolute Gasteiger partial charge is 0.330 e. The van der Waals surface area contributed by atoms with Gasteiger partial charge in [-0.25, -0.2) is 0 Å². The summed E-state index contributed by atoms with van der Waals surface area (Å²) in [4.78, 5) is 2.47. The lowest BCUT2D eigenvalue weighted by Gasteiger charge is -2.30. The SMILES string of the molecule is CCC(CC)N(C)CCC(C)(C)CN. The van der Waals surface area contributed by atoms with Crippen LogP contribution in [-0.2, 0) is 0 Å². The highest BCUT2D eigenvalue weighted by Crippen LogP contribution is 2.19. The fourth-order valence-corrected chi connectivity index (χ4v) is 1.68. The normalized spacial score (nSPS) is 12.9. The number of hydrogen-bond acceptors (Lipinski definition) is 2. The molecule has 0 aromatic carbocycles. The summed E-state index contributed by atoms with van der Waals surface area (Å²) >= 11 is 0. The van der Waals surface area contributed by atoms with Crippen LogP contribution in [0.3, 0.4) is 0 Å². The summed E-state index contributed by atoms with van der Waals surface area (Å²) in [5, 5.41) is 0. The predicted molar refractivity (Wildman–Crippen MR) is 64.5 cm³/mol. The Hall–Kier alpha value is -0.0800. The Kier molecular flexibility index (Phi) is 6.38.